The predicted octanol–water partition coefficient (Wildman–Crippen LogP) is 2.18. The van der Waals surface area contributed by atoms with E-state index in [1.165, 1.54) is 12.4 Å². The van der Waals surface area contributed by atoms with E-state index in [-0.39, 0.29) is 11.4 Å². The van der Waals surface area contributed by atoms with E-state index in [2.05, 4.69) is 25.3 Å². The van der Waals surface area contributed by atoms with E-state index in [9.17, 15) is 9.59 Å². The molecule has 0 aliphatic carbocycles. The average Bonchev–Trinajstić information content (AvgIpc) is 3.08. The van der Waals surface area contributed by atoms with Gasteiger partial charge in [0.25, 0.3) is 0 Å². The molecule has 0 saturated carbocycles. The van der Waals surface area contributed by atoms with Gasteiger partial charge < -0.3 is 44.5 Å². The van der Waals surface area contributed by atoms with Crippen LogP contribution in [0.1, 0.15) is 40.1 Å². The van der Waals surface area contributed by atoms with Crippen LogP contribution in [-0.4, -0.2) is 105 Å². The molecule has 2 aliphatic heterocycles. The number of methoxy groups -OCH3 is 1. The molecule has 15 nitrogen and oxygen atoms in total. The van der Waals surface area contributed by atoms with E-state index < -0.39 is 11.9 Å². The molecule has 2 aliphatic rings. The van der Waals surface area contributed by atoms with E-state index in [1.54, 1.807) is 21.0 Å². The standard InChI is InChI=1S/C19H24N4O4.C11H16N4O3/c1-3-27-18(24)16-13-21-19(23-8-10-26-11-9-23)22-17(16)20-12-14-4-6-15(25-2)7-5-14;1-2-18-10(16)8-7-13-11(14-9(8)12)15-3-5-17-6-4-15/h4-7,13H,3,8-12H2,1-2H3,(H,20,21,22);7H,2-6H2,1H3,(H2,12,13,14). The molecule has 0 unspecified atom stereocenters. The first kappa shape index (κ1) is 33.1. The minimum absolute atomic E-state index is 0.143. The second-order valence-corrected chi connectivity index (χ2v) is 9.74. The molecular weight excluding hydrogens is 584 g/mol. The Bertz CT molecular complexity index is 1400. The van der Waals surface area contributed by atoms with Crippen LogP contribution in [0.4, 0.5) is 23.5 Å². The third-order valence-electron chi connectivity index (χ3n) is 6.78. The highest BCUT2D eigenvalue weighted by Gasteiger charge is 2.20. The Labute approximate surface area is 262 Å². The van der Waals surface area contributed by atoms with E-state index in [4.69, 9.17) is 29.4 Å². The summed E-state index contributed by atoms with van der Waals surface area (Å²) in [4.78, 5) is 45.0. The maximum Gasteiger partial charge on any atom is 0.343 e. The summed E-state index contributed by atoms with van der Waals surface area (Å²) in [6.07, 6.45) is 2.93. The first-order chi connectivity index (χ1) is 21.9. The Morgan fingerprint density at radius 3 is 1.84 bits per heavy atom. The normalized spacial score (nSPS) is 14.6. The van der Waals surface area contributed by atoms with Gasteiger partial charge in [0.05, 0.1) is 46.8 Å². The zero-order chi connectivity index (χ0) is 32.0. The van der Waals surface area contributed by atoms with Gasteiger partial charge in [-0.2, -0.15) is 9.97 Å². The van der Waals surface area contributed by atoms with Crippen LogP contribution in [0.5, 0.6) is 5.75 Å². The molecule has 2 fully saturated rings. The van der Waals surface area contributed by atoms with Crippen molar-refractivity contribution in [2.24, 2.45) is 0 Å². The second-order valence-electron chi connectivity index (χ2n) is 9.74. The fourth-order valence-electron chi connectivity index (χ4n) is 4.38. The van der Waals surface area contributed by atoms with E-state index >= 15 is 0 Å². The number of carbonyl (C=O) groups excluding carboxylic acids is 2. The third kappa shape index (κ3) is 9.36. The Hall–Kier alpha value is -4.76. The average molecular weight is 625 g/mol. The van der Waals surface area contributed by atoms with Gasteiger partial charge in [-0.25, -0.2) is 19.6 Å². The number of carbonyl (C=O) groups is 2. The van der Waals surface area contributed by atoms with E-state index in [0.717, 1.165) is 37.5 Å². The lowest BCUT2D eigenvalue weighted by molar-refractivity contribution is 0.0517. The number of benzene rings is 1. The number of nitrogens with two attached hydrogens (primary N) is 1. The number of nitrogens with one attached hydrogen (secondary N) is 1. The Kier molecular flexibility index (Phi) is 12.5. The molecule has 0 spiro atoms. The van der Waals surface area contributed by atoms with Gasteiger partial charge in [-0.05, 0) is 31.5 Å². The molecule has 1 aromatic carbocycles. The van der Waals surface area contributed by atoms with E-state index in [1.807, 2.05) is 34.1 Å². The quantitative estimate of drug-likeness (QED) is 0.314. The fourth-order valence-corrected chi connectivity index (χ4v) is 4.38. The SMILES string of the molecule is CCOC(=O)c1cnc(N2CCOCC2)nc1N.CCOC(=O)c1cnc(N2CCOCC2)nc1NCc1ccc(OC)cc1. The molecule has 0 atom stereocenters. The second kappa shape index (κ2) is 16.9. The smallest absolute Gasteiger partial charge is 0.343 e. The van der Waals surface area contributed by atoms with Crippen molar-refractivity contribution in [2.45, 2.75) is 20.4 Å². The summed E-state index contributed by atoms with van der Waals surface area (Å²) >= 11 is 0. The molecule has 0 amide bonds. The van der Waals surface area contributed by atoms with Crippen molar-refractivity contribution in [1.82, 2.24) is 19.9 Å². The topological polar surface area (TPSA) is 176 Å². The van der Waals surface area contributed by atoms with Gasteiger partial charge in [-0.1, -0.05) is 12.1 Å². The Balaban J connectivity index is 0.000000222. The first-order valence-electron chi connectivity index (χ1n) is 14.8. The van der Waals surface area contributed by atoms with Crippen molar-refractivity contribution in [3.05, 3.63) is 53.3 Å². The number of aromatic nitrogens is 4. The predicted molar refractivity (Wildman–Crippen MR) is 167 cm³/mol. The minimum atomic E-state index is -0.497. The molecule has 2 aromatic heterocycles. The van der Waals surface area contributed by atoms with Crippen LogP contribution in [0, 0.1) is 0 Å². The molecule has 5 rings (SSSR count). The van der Waals surface area contributed by atoms with Gasteiger partial charge in [-0.15, -0.1) is 0 Å². The molecule has 45 heavy (non-hydrogen) atoms. The van der Waals surface area contributed by atoms with Crippen LogP contribution in [-0.2, 0) is 25.5 Å². The van der Waals surface area contributed by atoms with Gasteiger partial charge in [-0.3, -0.25) is 0 Å². The summed E-state index contributed by atoms with van der Waals surface area (Å²) in [6.45, 7) is 10.0. The molecule has 3 N–H and O–H groups in total. The van der Waals surface area contributed by atoms with Gasteiger partial charge in [0.1, 0.15) is 28.5 Å². The zero-order valence-corrected chi connectivity index (χ0v) is 25.9. The summed E-state index contributed by atoms with van der Waals surface area (Å²) < 4.78 is 25.8. The monoisotopic (exact) mass is 624 g/mol. The van der Waals surface area contributed by atoms with Crippen molar-refractivity contribution in [1.29, 1.82) is 0 Å². The summed E-state index contributed by atoms with van der Waals surface area (Å²) in [7, 11) is 1.63. The lowest BCUT2D eigenvalue weighted by Gasteiger charge is -2.27. The molecule has 0 bridgehead atoms. The van der Waals surface area contributed by atoms with Crippen LogP contribution < -0.4 is 25.6 Å². The molecule has 3 aromatic rings. The van der Waals surface area contributed by atoms with Crippen molar-refractivity contribution >= 4 is 35.5 Å². The lowest BCUT2D eigenvalue weighted by atomic mass is 10.2. The Morgan fingerprint density at radius 2 is 1.33 bits per heavy atom. The fraction of sp³-hybridized carbons (Fsp3) is 0.467. The number of esters is 2. The number of anilines is 4. The molecule has 0 radical (unpaired) electrons. The van der Waals surface area contributed by atoms with E-state index in [0.29, 0.717) is 69.5 Å². The van der Waals surface area contributed by atoms with Crippen LogP contribution in [0.2, 0.25) is 0 Å². The van der Waals surface area contributed by atoms with Gasteiger partial charge in [0.15, 0.2) is 0 Å². The van der Waals surface area contributed by atoms with Gasteiger partial charge in [0, 0.05) is 45.1 Å². The molecule has 2 saturated heterocycles. The van der Waals surface area contributed by atoms with Crippen LogP contribution in [0.15, 0.2) is 36.7 Å². The highest BCUT2D eigenvalue weighted by atomic mass is 16.5. The highest BCUT2D eigenvalue weighted by Crippen LogP contribution is 2.20. The van der Waals surface area contributed by atoms with Gasteiger partial charge in [0.2, 0.25) is 11.9 Å². The molecular formula is C30H40N8O7. The number of nitrogen functional groups attached to an aromatic ring is 1. The van der Waals surface area contributed by atoms with Crippen molar-refractivity contribution in [3.8, 4) is 5.75 Å². The largest absolute Gasteiger partial charge is 0.497 e. The number of morpholine rings is 2. The highest BCUT2D eigenvalue weighted by molar-refractivity contribution is 5.94. The van der Waals surface area contributed by atoms with Crippen molar-refractivity contribution in [3.63, 3.8) is 0 Å². The van der Waals surface area contributed by atoms with Crippen molar-refractivity contribution in [2.75, 3.05) is 93.8 Å². The maximum absolute atomic E-state index is 12.3. The summed E-state index contributed by atoms with van der Waals surface area (Å²) in [6, 6.07) is 7.70. The van der Waals surface area contributed by atoms with Gasteiger partial charge >= 0.3 is 11.9 Å². The van der Waals surface area contributed by atoms with Crippen LogP contribution in [0.3, 0.4) is 0 Å². The first-order valence-corrected chi connectivity index (χ1v) is 14.8. The lowest BCUT2D eigenvalue weighted by Crippen LogP contribution is -2.37. The van der Waals surface area contributed by atoms with Crippen LogP contribution >= 0.6 is 0 Å². The summed E-state index contributed by atoms with van der Waals surface area (Å²) in [5.74, 6) is 1.55. The number of ether oxygens (including phenoxy) is 5. The number of hydrogen-bond donors (Lipinski definition) is 2. The minimum Gasteiger partial charge on any atom is -0.497 e. The van der Waals surface area contributed by atoms with Crippen molar-refractivity contribution < 1.29 is 33.3 Å². The molecule has 242 valence electrons. The molecule has 15 heteroatoms. The zero-order valence-electron chi connectivity index (χ0n) is 25.9. The number of rotatable bonds is 10. The summed E-state index contributed by atoms with van der Waals surface area (Å²) in [5, 5.41) is 3.24. The summed E-state index contributed by atoms with van der Waals surface area (Å²) in [5.41, 5.74) is 7.31. The maximum atomic E-state index is 12.3. The number of hydrogen-bond acceptors (Lipinski definition) is 15. The Morgan fingerprint density at radius 1 is 0.822 bits per heavy atom. The molecule has 4 heterocycles. The third-order valence-corrected chi connectivity index (χ3v) is 6.78. The van der Waals surface area contributed by atoms with Crippen LogP contribution in [0.25, 0.3) is 0 Å². The number of nitrogens with zero attached hydrogens (tertiary/aromatic N) is 6.